The van der Waals surface area contributed by atoms with E-state index >= 15 is 0 Å². The Kier molecular flexibility index (Phi) is 3.12. The number of nitrogens with zero attached hydrogens (tertiary/aromatic N) is 4. The molecule has 0 aliphatic rings. The average molecular weight is 313 g/mol. The Balaban J connectivity index is 2.34. The molecule has 0 fully saturated rings. The smallest absolute Gasteiger partial charge is 0.178 e. The molecule has 3 rings (SSSR count). The molecule has 0 spiro atoms. The van der Waals surface area contributed by atoms with Crippen molar-refractivity contribution in [1.82, 2.24) is 19.4 Å². The maximum atomic E-state index is 5.92. The van der Waals surface area contributed by atoms with Gasteiger partial charge in [-0.25, -0.2) is 0 Å². The lowest BCUT2D eigenvalue weighted by molar-refractivity contribution is -0.579. The Hall–Kier alpha value is -1.31. The number of nitrogens with one attached hydrogen (secondary N) is 1. The number of halogens is 1. The first-order valence-electron chi connectivity index (χ1n) is 5.51. The number of rotatable bonds is 2. The molecule has 98 valence electrons. The molecule has 3 aromatic rings. The summed E-state index contributed by atoms with van der Waals surface area (Å²) >= 11 is 12.9. The van der Waals surface area contributed by atoms with E-state index < -0.39 is 0 Å². The lowest BCUT2D eigenvalue weighted by atomic mass is 10.3. The third-order valence-corrected chi connectivity index (χ3v) is 3.95. The van der Waals surface area contributed by atoms with Crippen LogP contribution in [0.15, 0.2) is 29.4 Å². The van der Waals surface area contributed by atoms with Crippen LogP contribution in [0.4, 0.5) is 0 Å². The summed E-state index contributed by atoms with van der Waals surface area (Å²) in [6.07, 6.45) is 1.98. The van der Waals surface area contributed by atoms with Crippen LogP contribution in [0.3, 0.4) is 0 Å². The van der Waals surface area contributed by atoms with Crippen LogP contribution in [0.2, 0.25) is 5.02 Å². The number of thioether (sulfide) groups is 1. The molecule has 1 aromatic carbocycles. The van der Waals surface area contributed by atoms with Crippen molar-refractivity contribution in [2.75, 3.05) is 6.26 Å². The highest BCUT2D eigenvalue weighted by molar-refractivity contribution is 7.98. The summed E-state index contributed by atoms with van der Waals surface area (Å²) in [5.41, 5.74) is 0.948. The number of H-pyrrole nitrogens is 1. The van der Waals surface area contributed by atoms with E-state index in [2.05, 4.69) is 10.2 Å². The molecule has 0 amide bonds. The van der Waals surface area contributed by atoms with Gasteiger partial charge in [-0.3, -0.25) is 0 Å². The number of hydrogen-bond donors (Lipinski definition) is 1. The lowest BCUT2D eigenvalue weighted by Gasteiger charge is -1.97. The van der Waals surface area contributed by atoms with E-state index in [0.717, 1.165) is 16.6 Å². The molecular weight excluding hydrogens is 302 g/mol. The summed E-state index contributed by atoms with van der Waals surface area (Å²) < 4.78 is 6.22. The molecule has 0 aliphatic heterocycles. The molecule has 2 aromatic heterocycles. The predicted molar refractivity (Wildman–Crippen MR) is 77.7 cm³/mol. The fraction of sp³-hybridized carbons (Fsp3) is 0.182. The van der Waals surface area contributed by atoms with Crippen molar-refractivity contribution in [3.8, 4) is 5.69 Å². The maximum Gasteiger partial charge on any atom is 0.380 e. The highest BCUT2D eigenvalue weighted by atomic mass is 35.5. The van der Waals surface area contributed by atoms with Crippen LogP contribution in [0.25, 0.3) is 11.5 Å². The van der Waals surface area contributed by atoms with E-state index in [1.54, 1.807) is 16.4 Å². The van der Waals surface area contributed by atoms with Gasteiger partial charge in [-0.2, -0.15) is 14.3 Å². The van der Waals surface area contributed by atoms with Crippen molar-refractivity contribution < 1.29 is 4.57 Å². The SMILES string of the molecule is CSc1nn(C)c2n1[nH]c(=S)[n+]2-c1ccc(Cl)cc1. The largest absolute Gasteiger partial charge is 0.380 e. The molecule has 0 saturated heterocycles. The minimum Gasteiger partial charge on any atom is -0.178 e. The van der Waals surface area contributed by atoms with E-state index in [9.17, 15) is 0 Å². The number of benzene rings is 1. The lowest BCUT2D eigenvalue weighted by Crippen LogP contribution is -2.32. The molecule has 0 radical (unpaired) electrons. The van der Waals surface area contributed by atoms with Crippen LogP contribution >= 0.6 is 35.6 Å². The molecule has 8 heteroatoms. The van der Waals surface area contributed by atoms with Gasteiger partial charge in [-0.15, -0.1) is 0 Å². The van der Waals surface area contributed by atoms with Gasteiger partial charge in [0.2, 0.25) is 0 Å². The van der Waals surface area contributed by atoms with Gasteiger partial charge in [-0.1, -0.05) is 33.0 Å². The van der Waals surface area contributed by atoms with Crippen LogP contribution in [0, 0.1) is 4.77 Å². The van der Waals surface area contributed by atoms with Crippen LogP contribution in [0.1, 0.15) is 0 Å². The average Bonchev–Trinajstić information content (AvgIpc) is 2.88. The van der Waals surface area contributed by atoms with Gasteiger partial charge in [0.05, 0.1) is 12.7 Å². The molecular formula is C11H11ClN5S2+. The third kappa shape index (κ3) is 1.98. The van der Waals surface area contributed by atoms with E-state index in [1.807, 2.05) is 46.7 Å². The Morgan fingerprint density at radius 1 is 1.37 bits per heavy atom. The summed E-state index contributed by atoms with van der Waals surface area (Å²) in [5.74, 6) is 0.872. The van der Waals surface area contributed by atoms with Gasteiger partial charge in [0.25, 0.3) is 9.93 Å². The Morgan fingerprint density at radius 2 is 2.05 bits per heavy atom. The molecule has 5 nitrogen and oxygen atoms in total. The van der Waals surface area contributed by atoms with Crippen molar-refractivity contribution in [2.24, 2.45) is 7.05 Å². The molecule has 0 saturated carbocycles. The maximum absolute atomic E-state index is 5.92. The predicted octanol–water partition coefficient (Wildman–Crippen LogP) is 2.38. The molecule has 19 heavy (non-hydrogen) atoms. The minimum atomic E-state index is 0.616. The first-order chi connectivity index (χ1) is 9.11. The fourth-order valence-corrected chi connectivity index (χ4v) is 2.90. The van der Waals surface area contributed by atoms with Gasteiger partial charge in [-0.05, 0) is 42.7 Å². The van der Waals surface area contributed by atoms with Gasteiger partial charge in [0, 0.05) is 5.02 Å². The molecule has 0 bridgehead atoms. The number of aromatic nitrogens is 5. The van der Waals surface area contributed by atoms with Gasteiger partial charge in [0.1, 0.15) is 0 Å². The van der Waals surface area contributed by atoms with Gasteiger partial charge >= 0.3 is 5.78 Å². The van der Waals surface area contributed by atoms with E-state index in [-0.39, 0.29) is 0 Å². The van der Waals surface area contributed by atoms with E-state index in [0.29, 0.717) is 9.79 Å². The number of aromatic amines is 1. The zero-order chi connectivity index (χ0) is 13.6. The van der Waals surface area contributed by atoms with Crippen molar-refractivity contribution in [3.63, 3.8) is 0 Å². The molecule has 0 unspecified atom stereocenters. The van der Waals surface area contributed by atoms with Crippen LogP contribution in [-0.4, -0.2) is 25.7 Å². The van der Waals surface area contributed by atoms with Crippen molar-refractivity contribution >= 4 is 41.4 Å². The van der Waals surface area contributed by atoms with Crippen molar-refractivity contribution in [1.29, 1.82) is 0 Å². The fourth-order valence-electron chi connectivity index (χ4n) is 1.98. The van der Waals surface area contributed by atoms with Crippen molar-refractivity contribution in [2.45, 2.75) is 5.16 Å². The Labute approximate surface area is 123 Å². The summed E-state index contributed by atoms with van der Waals surface area (Å²) in [6.45, 7) is 0. The summed E-state index contributed by atoms with van der Waals surface area (Å²) in [6, 6.07) is 7.54. The summed E-state index contributed by atoms with van der Waals surface area (Å²) in [7, 11) is 1.89. The van der Waals surface area contributed by atoms with Crippen molar-refractivity contribution in [3.05, 3.63) is 34.1 Å². The third-order valence-electron chi connectivity index (χ3n) is 2.79. The first-order valence-corrected chi connectivity index (χ1v) is 7.52. The molecule has 1 N–H and O–H groups in total. The van der Waals surface area contributed by atoms with Crippen LogP contribution in [0.5, 0.6) is 0 Å². The highest BCUT2D eigenvalue weighted by Gasteiger charge is 2.22. The van der Waals surface area contributed by atoms with E-state index in [1.165, 1.54) is 0 Å². The Bertz CT molecular complexity index is 799. The Morgan fingerprint density at radius 3 is 2.68 bits per heavy atom. The number of fused-ring (bicyclic) bond motifs is 1. The summed E-state index contributed by atoms with van der Waals surface area (Å²) in [5, 5.41) is 9.13. The number of aryl methyl sites for hydroxylation is 1. The van der Waals surface area contributed by atoms with Crippen LogP contribution in [-0.2, 0) is 7.05 Å². The van der Waals surface area contributed by atoms with Gasteiger partial charge in [0.15, 0.2) is 0 Å². The minimum absolute atomic E-state index is 0.616. The normalized spacial score (nSPS) is 11.3. The standard InChI is InChI=1S/C11H10ClN5S2/c1-15-11-16(8-5-3-7(12)4-6-8)9(18)13-17(11)10(14-15)19-2/h3-6H,1-2H3/p+1. The molecule has 2 heterocycles. The monoisotopic (exact) mass is 312 g/mol. The topological polar surface area (TPSA) is 41.9 Å². The van der Waals surface area contributed by atoms with Gasteiger partial charge < -0.3 is 0 Å². The van der Waals surface area contributed by atoms with Crippen LogP contribution < -0.4 is 4.57 Å². The second-order valence-electron chi connectivity index (χ2n) is 3.97. The van der Waals surface area contributed by atoms with E-state index in [4.69, 9.17) is 23.8 Å². The zero-order valence-corrected chi connectivity index (χ0v) is 12.7. The first kappa shape index (κ1) is 12.7. The molecule has 0 aliphatic carbocycles. The number of hydrogen-bond acceptors (Lipinski definition) is 3. The molecule has 0 atom stereocenters. The summed E-state index contributed by atoms with van der Waals surface area (Å²) in [4.78, 5) is 0. The quantitative estimate of drug-likeness (QED) is 0.449. The highest BCUT2D eigenvalue weighted by Crippen LogP contribution is 2.15. The second kappa shape index (κ2) is 4.66. The second-order valence-corrected chi connectivity index (χ2v) is 5.57. The zero-order valence-electron chi connectivity index (χ0n) is 10.3.